The number of rotatable bonds is 6. The van der Waals surface area contributed by atoms with Crippen LogP contribution in [-0.4, -0.2) is 42.8 Å². The van der Waals surface area contributed by atoms with Crippen molar-refractivity contribution in [2.24, 2.45) is 5.92 Å². The number of carbonyl (C=O) groups excluding carboxylic acids is 1. The maximum atomic E-state index is 12.3. The van der Waals surface area contributed by atoms with Gasteiger partial charge in [-0.1, -0.05) is 26.0 Å². The van der Waals surface area contributed by atoms with Gasteiger partial charge in [0.15, 0.2) is 0 Å². The second kappa shape index (κ2) is 8.13. The molecule has 0 bridgehead atoms. The molecule has 2 heterocycles. The van der Waals surface area contributed by atoms with E-state index in [1.54, 1.807) is 18.0 Å². The fraction of sp³-hybridized carbons (Fsp3) is 0.400. The van der Waals surface area contributed by atoms with E-state index in [2.05, 4.69) is 23.6 Å². The monoisotopic (exact) mass is 419 g/mol. The highest BCUT2D eigenvalue weighted by molar-refractivity contribution is 8.00. The highest BCUT2D eigenvalue weighted by atomic mass is 32.2. The van der Waals surface area contributed by atoms with Gasteiger partial charge in [0.2, 0.25) is 15.9 Å². The molecule has 1 aliphatic heterocycles. The van der Waals surface area contributed by atoms with Gasteiger partial charge in [-0.15, -0.1) is 11.8 Å². The number of amides is 1. The summed E-state index contributed by atoms with van der Waals surface area (Å²) in [4.78, 5) is 18.7. The van der Waals surface area contributed by atoms with Crippen molar-refractivity contribution in [3.63, 3.8) is 0 Å². The van der Waals surface area contributed by atoms with E-state index in [9.17, 15) is 13.2 Å². The maximum absolute atomic E-state index is 12.3. The first-order chi connectivity index (χ1) is 13.1. The first kappa shape index (κ1) is 20.7. The van der Waals surface area contributed by atoms with E-state index in [-0.39, 0.29) is 11.3 Å². The number of sulfonamides is 1. The lowest BCUT2D eigenvalue weighted by molar-refractivity contribution is -0.128. The normalized spacial score (nSPS) is 17.4. The van der Waals surface area contributed by atoms with Gasteiger partial charge in [0.1, 0.15) is 5.37 Å². The molecule has 0 aliphatic carbocycles. The van der Waals surface area contributed by atoms with Crippen LogP contribution in [0.3, 0.4) is 0 Å². The number of benzene rings is 1. The lowest BCUT2D eigenvalue weighted by atomic mass is 10.0. The van der Waals surface area contributed by atoms with Gasteiger partial charge in [0.25, 0.3) is 0 Å². The predicted molar refractivity (Wildman–Crippen MR) is 115 cm³/mol. The summed E-state index contributed by atoms with van der Waals surface area (Å²) >= 11 is 1.59. The molecule has 1 unspecified atom stereocenters. The molecule has 1 atom stereocenters. The van der Waals surface area contributed by atoms with Crippen LogP contribution in [0.2, 0.25) is 0 Å². The van der Waals surface area contributed by atoms with Crippen molar-refractivity contribution in [3.05, 3.63) is 47.8 Å². The van der Waals surface area contributed by atoms with E-state index in [1.165, 1.54) is 0 Å². The SMILES string of the molecule is Cc1ccc(-c2ccnc(C3SCC(=O)N3CC(C)C)c2)cc1NS(C)(=O)=O. The van der Waals surface area contributed by atoms with Crippen LogP contribution in [0.25, 0.3) is 11.1 Å². The quantitative estimate of drug-likeness (QED) is 0.773. The number of carbonyl (C=O) groups is 1. The third-order valence-corrected chi connectivity index (χ3v) is 6.25. The van der Waals surface area contributed by atoms with Gasteiger partial charge in [0, 0.05) is 12.7 Å². The minimum absolute atomic E-state index is 0.0890. The molecule has 6 nitrogen and oxygen atoms in total. The Morgan fingerprint density at radius 3 is 2.64 bits per heavy atom. The topological polar surface area (TPSA) is 79.4 Å². The zero-order valence-corrected chi connectivity index (χ0v) is 18.1. The third kappa shape index (κ3) is 4.86. The Kier molecular flexibility index (Phi) is 6.00. The lowest BCUT2D eigenvalue weighted by Crippen LogP contribution is -2.32. The number of nitrogens with zero attached hydrogens (tertiary/aromatic N) is 2. The van der Waals surface area contributed by atoms with E-state index in [1.807, 2.05) is 42.2 Å². The van der Waals surface area contributed by atoms with Gasteiger partial charge < -0.3 is 4.90 Å². The fourth-order valence-corrected chi connectivity index (χ4v) is 4.93. The number of hydrogen-bond donors (Lipinski definition) is 1. The fourth-order valence-electron chi connectivity index (χ4n) is 3.16. The minimum atomic E-state index is -3.35. The summed E-state index contributed by atoms with van der Waals surface area (Å²) in [6, 6.07) is 9.56. The number of pyridine rings is 1. The molecule has 1 aliphatic rings. The molecule has 1 aromatic heterocycles. The van der Waals surface area contributed by atoms with Crippen molar-refractivity contribution >= 4 is 33.4 Å². The van der Waals surface area contributed by atoms with Gasteiger partial charge in [-0.2, -0.15) is 0 Å². The number of aromatic nitrogens is 1. The molecule has 150 valence electrons. The number of hydrogen-bond acceptors (Lipinski definition) is 5. The molecule has 28 heavy (non-hydrogen) atoms. The Morgan fingerprint density at radius 1 is 1.25 bits per heavy atom. The molecular formula is C20H25N3O3S2. The Morgan fingerprint density at radius 2 is 1.96 bits per heavy atom. The van der Waals surface area contributed by atoms with Crippen molar-refractivity contribution in [1.82, 2.24) is 9.88 Å². The maximum Gasteiger partial charge on any atom is 0.233 e. The van der Waals surface area contributed by atoms with E-state index in [0.717, 1.165) is 28.6 Å². The molecule has 1 fully saturated rings. The third-order valence-electron chi connectivity index (χ3n) is 4.43. The lowest BCUT2D eigenvalue weighted by Gasteiger charge is -2.25. The average molecular weight is 420 g/mol. The summed E-state index contributed by atoms with van der Waals surface area (Å²) in [6.45, 7) is 6.76. The Hall–Kier alpha value is -2.06. The van der Waals surface area contributed by atoms with E-state index >= 15 is 0 Å². The minimum Gasteiger partial charge on any atom is -0.324 e. The Balaban J connectivity index is 1.94. The van der Waals surface area contributed by atoms with Gasteiger partial charge in [-0.3, -0.25) is 14.5 Å². The largest absolute Gasteiger partial charge is 0.324 e. The summed E-state index contributed by atoms with van der Waals surface area (Å²) < 4.78 is 25.8. The van der Waals surface area contributed by atoms with Crippen molar-refractivity contribution in [2.45, 2.75) is 26.1 Å². The van der Waals surface area contributed by atoms with Crippen LogP contribution >= 0.6 is 11.8 Å². The first-order valence-corrected chi connectivity index (χ1v) is 12.0. The Labute approximate surface area is 170 Å². The summed E-state index contributed by atoms with van der Waals surface area (Å²) in [5.41, 5.74) is 4.08. The molecule has 1 aromatic carbocycles. The van der Waals surface area contributed by atoms with Crippen LogP contribution in [0.1, 0.15) is 30.5 Å². The zero-order chi connectivity index (χ0) is 20.5. The summed E-state index contributed by atoms with van der Waals surface area (Å²) in [5, 5.41) is -0.0890. The Bertz CT molecular complexity index is 990. The van der Waals surface area contributed by atoms with Crippen molar-refractivity contribution in [3.8, 4) is 11.1 Å². The van der Waals surface area contributed by atoms with Crippen LogP contribution in [0.15, 0.2) is 36.5 Å². The number of anilines is 1. The molecule has 0 radical (unpaired) electrons. The summed E-state index contributed by atoms with van der Waals surface area (Å²) in [5.74, 6) is 0.997. The highest BCUT2D eigenvalue weighted by Crippen LogP contribution is 2.39. The summed E-state index contributed by atoms with van der Waals surface area (Å²) in [7, 11) is -3.35. The van der Waals surface area contributed by atoms with Crippen molar-refractivity contribution in [2.75, 3.05) is 23.3 Å². The molecule has 2 aromatic rings. The van der Waals surface area contributed by atoms with Crippen LogP contribution < -0.4 is 4.72 Å². The number of thioether (sulfide) groups is 1. The smallest absolute Gasteiger partial charge is 0.233 e. The molecular weight excluding hydrogens is 394 g/mol. The van der Waals surface area contributed by atoms with Gasteiger partial charge in [-0.05, 0) is 47.7 Å². The first-order valence-electron chi connectivity index (χ1n) is 9.10. The van der Waals surface area contributed by atoms with Gasteiger partial charge in [-0.25, -0.2) is 8.42 Å². The summed E-state index contributed by atoms with van der Waals surface area (Å²) in [6.07, 6.45) is 2.88. The van der Waals surface area contributed by atoms with E-state index in [0.29, 0.717) is 23.9 Å². The standard InChI is InChI=1S/C20H25N3O3S2/c1-13(2)11-23-19(24)12-27-20(23)18-10-16(7-8-21-18)15-6-5-14(3)17(9-15)22-28(4,25)26/h5-10,13,20,22H,11-12H2,1-4H3. The van der Waals surface area contributed by atoms with Gasteiger partial charge in [0.05, 0.1) is 23.4 Å². The van der Waals surface area contributed by atoms with Crippen LogP contribution in [-0.2, 0) is 14.8 Å². The van der Waals surface area contributed by atoms with Crippen molar-refractivity contribution < 1.29 is 13.2 Å². The molecule has 1 saturated heterocycles. The number of aryl methyl sites for hydroxylation is 1. The second-order valence-electron chi connectivity index (χ2n) is 7.48. The second-order valence-corrected chi connectivity index (χ2v) is 10.3. The van der Waals surface area contributed by atoms with Crippen LogP contribution in [0, 0.1) is 12.8 Å². The van der Waals surface area contributed by atoms with Crippen LogP contribution in [0.5, 0.6) is 0 Å². The molecule has 0 spiro atoms. The average Bonchev–Trinajstić information content (AvgIpc) is 2.96. The van der Waals surface area contributed by atoms with Crippen LogP contribution in [0.4, 0.5) is 5.69 Å². The molecule has 1 amide bonds. The molecule has 1 N–H and O–H groups in total. The van der Waals surface area contributed by atoms with E-state index in [4.69, 9.17) is 0 Å². The number of nitrogens with one attached hydrogen (secondary N) is 1. The molecule has 8 heteroatoms. The predicted octanol–water partition coefficient (Wildman–Crippen LogP) is 3.66. The highest BCUT2D eigenvalue weighted by Gasteiger charge is 2.34. The van der Waals surface area contributed by atoms with E-state index < -0.39 is 10.0 Å². The van der Waals surface area contributed by atoms with Gasteiger partial charge >= 0.3 is 0 Å². The molecule has 0 saturated carbocycles. The molecule has 3 rings (SSSR count). The van der Waals surface area contributed by atoms with Crippen molar-refractivity contribution in [1.29, 1.82) is 0 Å². The zero-order valence-electron chi connectivity index (χ0n) is 16.5.